The maximum absolute atomic E-state index is 12.1. The van der Waals surface area contributed by atoms with E-state index in [0.717, 1.165) is 11.3 Å². The molecule has 0 spiro atoms. The van der Waals surface area contributed by atoms with E-state index in [9.17, 15) is 14.7 Å². The van der Waals surface area contributed by atoms with Crippen LogP contribution < -0.4 is 10.6 Å². The van der Waals surface area contributed by atoms with E-state index in [4.69, 9.17) is 5.11 Å². The molecule has 3 atom stereocenters. The van der Waals surface area contributed by atoms with E-state index in [1.807, 2.05) is 24.3 Å². The summed E-state index contributed by atoms with van der Waals surface area (Å²) in [7, 11) is 0. The van der Waals surface area contributed by atoms with Gasteiger partial charge in [0.1, 0.15) is 0 Å². The van der Waals surface area contributed by atoms with Crippen LogP contribution in [0.2, 0.25) is 0 Å². The number of carbonyl (C=O) groups excluding carboxylic acids is 1. The number of rotatable bonds is 4. The van der Waals surface area contributed by atoms with Gasteiger partial charge in [-0.3, -0.25) is 4.79 Å². The SMILES string of the molecule is C[C@@H](O)[C@H](NC(=O)C1CNc2ccccc21)C(=O)O. The fourth-order valence-electron chi connectivity index (χ4n) is 2.16. The minimum Gasteiger partial charge on any atom is -0.480 e. The lowest BCUT2D eigenvalue weighted by molar-refractivity contribution is -0.144. The van der Waals surface area contributed by atoms with E-state index >= 15 is 0 Å². The van der Waals surface area contributed by atoms with E-state index in [1.165, 1.54) is 6.92 Å². The van der Waals surface area contributed by atoms with E-state index in [-0.39, 0.29) is 0 Å². The van der Waals surface area contributed by atoms with Crippen LogP contribution in [-0.4, -0.2) is 40.8 Å². The highest BCUT2D eigenvalue weighted by molar-refractivity contribution is 5.91. The third-order valence-corrected chi connectivity index (χ3v) is 3.20. The molecular formula is C13H16N2O4. The molecule has 1 heterocycles. The zero-order valence-electron chi connectivity index (χ0n) is 10.5. The third kappa shape index (κ3) is 2.68. The Bertz CT molecular complexity index is 501. The standard InChI is InChI=1S/C13H16N2O4/c1-7(16)11(13(18)19)15-12(17)9-6-14-10-5-3-2-4-8(9)10/h2-5,7,9,11,14,16H,6H2,1H3,(H,15,17)(H,18,19)/t7-,9?,11+/m1/s1. The average molecular weight is 264 g/mol. The monoisotopic (exact) mass is 264 g/mol. The smallest absolute Gasteiger partial charge is 0.328 e. The van der Waals surface area contributed by atoms with Crippen molar-refractivity contribution < 1.29 is 19.8 Å². The highest BCUT2D eigenvalue weighted by atomic mass is 16.4. The van der Waals surface area contributed by atoms with Crippen LogP contribution in [0.5, 0.6) is 0 Å². The third-order valence-electron chi connectivity index (χ3n) is 3.20. The minimum atomic E-state index is -1.29. The maximum Gasteiger partial charge on any atom is 0.328 e. The number of aliphatic hydroxyl groups excluding tert-OH is 1. The van der Waals surface area contributed by atoms with E-state index in [2.05, 4.69) is 10.6 Å². The van der Waals surface area contributed by atoms with Crippen LogP contribution in [0.1, 0.15) is 18.4 Å². The van der Waals surface area contributed by atoms with Gasteiger partial charge in [0.2, 0.25) is 5.91 Å². The molecule has 2 rings (SSSR count). The van der Waals surface area contributed by atoms with Crippen molar-refractivity contribution in [2.24, 2.45) is 0 Å². The number of benzene rings is 1. The van der Waals surface area contributed by atoms with Gasteiger partial charge in [0, 0.05) is 12.2 Å². The number of anilines is 1. The number of amides is 1. The minimum absolute atomic E-state index is 0.397. The number of carbonyl (C=O) groups is 2. The van der Waals surface area contributed by atoms with Gasteiger partial charge < -0.3 is 20.8 Å². The van der Waals surface area contributed by atoms with E-state index in [0.29, 0.717) is 6.54 Å². The molecule has 1 aromatic carbocycles. The first kappa shape index (κ1) is 13.4. The lowest BCUT2D eigenvalue weighted by atomic mass is 10.00. The highest BCUT2D eigenvalue weighted by Crippen LogP contribution is 2.31. The molecule has 0 saturated heterocycles. The number of fused-ring (bicyclic) bond motifs is 1. The topological polar surface area (TPSA) is 98.7 Å². The Morgan fingerprint density at radius 3 is 2.74 bits per heavy atom. The molecule has 1 aromatic rings. The Morgan fingerprint density at radius 1 is 1.42 bits per heavy atom. The molecule has 4 N–H and O–H groups in total. The molecule has 1 amide bonds. The fraction of sp³-hybridized carbons (Fsp3) is 0.385. The molecule has 102 valence electrons. The van der Waals surface area contributed by atoms with E-state index in [1.54, 1.807) is 0 Å². The van der Waals surface area contributed by atoms with Gasteiger partial charge in [0.05, 0.1) is 12.0 Å². The number of carboxylic acid groups (broad SMARTS) is 1. The molecule has 0 aliphatic carbocycles. The Balaban J connectivity index is 2.12. The Kier molecular flexibility index (Phi) is 3.71. The summed E-state index contributed by atoms with van der Waals surface area (Å²) in [6.07, 6.45) is -1.15. The summed E-state index contributed by atoms with van der Waals surface area (Å²) in [6, 6.07) is 6.10. The molecule has 1 unspecified atom stereocenters. The maximum atomic E-state index is 12.1. The average Bonchev–Trinajstić information content (AvgIpc) is 2.78. The number of nitrogens with one attached hydrogen (secondary N) is 2. The van der Waals surface area contributed by atoms with Gasteiger partial charge in [-0.15, -0.1) is 0 Å². The summed E-state index contributed by atoms with van der Waals surface area (Å²) in [5, 5.41) is 23.8. The van der Waals surface area contributed by atoms with Crippen LogP contribution in [0.3, 0.4) is 0 Å². The van der Waals surface area contributed by atoms with Crippen LogP contribution in [-0.2, 0) is 9.59 Å². The Morgan fingerprint density at radius 2 is 2.11 bits per heavy atom. The first-order valence-electron chi connectivity index (χ1n) is 6.04. The Hall–Kier alpha value is -2.08. The molecule has 19 heavy (non-hydrogen) atoms. The number of aliphatic carboxylic acids is 1. The van der Waals surface area contributed by atoms with Crippen LogP contribution in [0, 0.1) is 0 Å². The summed E-state index contributed by atoms with van der Waals surface area (Å²) < 4.78 is 0. The predicted molar refractivity (Wildman–Crippen MR) is 68.9 cm³/mol. The summed E-state index contributed by atoms with van der Waals surface area (Å²) in [4.78, 5) is 23.0. The van der Waals surface area contributed by atoms with Gasteiger partial charge >= 0.3 is 5.97 Å². The van der Waals surface area contributed by atoms with Crippen molar-refractivity contribution in [1.29, 1.82) is 0 Å². The second-order valence-electron chi connectivity index (χ2n) is 4.59. The van der Waals surface area contributed by atoms with Crippen molar-refractivity contribution in [2.75, 3.05) is 11.9 Å². The summed E-state index contributed by atoms with van der Waals surface area (Å²) in [5.41, 5.74) is 1.72. The van der Waals surface area contributed by atoms with Crippen LogP contribution in [0.4, 0.5) is 5.69 Å². The molecule has 6 nitrogen and oxygen atoms in total. The van der Waals surface area contributed by atoms with Crippen molar-refractivity contribution in [1.82, 2.24) is 5.32 Å². The molecule has 6 heteroatoms. The number of carboxylic acids is 1. The normalized spacial score (nSPS) is 20.0. The molecule has 0 bridgehead atoms. The van der Waals surface area contributed by atoms with Crippen LogP contribution in [0.15, 0.2) is 24.3 Å². The predicted octanol–water partition coefficient (Wildman–Crippen LogP) is 0.146. The molecule has 1 aliphatic heterocycles. The van der Waals surface area contributed by atoms with Crippen LogP contribution in [0.25, 0.3) is 0 Å². The van der Waals surface area contributed by atoms with Gasteiger partial charge in [-0.2, -0.15) is 0 Å². The van der Waals surface area contributed by atoms with Gasteiger partial charge in [-0.25, -0.2) is 4.79 Å². The number of hydrogen-bond acceptors (Lipinski definition) is 4. The van der Waals surface area contributed by atoms with Crippen molar-refractivity contribution >= 4 is 17.6 Å². The second-order valence-corrected chi connectivity index (χ2v) is 4.59. The van der Waals surface area contributed by atoms with Crippen molar-refractivity contribution in [2.45, 2.75) is 25.0 Å². The van der Waals surface area contributed by atoms with Crippen molar-refractivity contribution in [3.8, 4) is 0 Å². The molecule has 0 aromatic heterocycles. The lowest BCUT2D eigenvalue weighted by Crippen LogP contribution is -2.49. The number of aliphatic hydroxyl groups is 1. The molecular weight excluding hydrogens is 248 g/mol. The first-order valence-corrected chi connectivity index (χ1v) is 6.04. The summed E-state index contributed by atoms with van der Waals surface area (Å²) >= 11 is 0. The quantitative estimate of drug-likeness (QED) is 0.620. The summed E-state index contributed by atoms with van der Waals surface area (Å²) in [5.74, 6) is -2.08. The zero-order valence-corrected chi connectivity index (χ0v) is 10.5. The van der Waals surface area contributed by atoms with Gasteiger partial charge in [-0.05, 0) is 18.6 Å². The second kappa shape index (κ2) is 5.27. The molecule has 0 fully saturated rings. The fourth-order valence-corrected chi connectivity index (χ4v) is 2.16. The molecule has 0 radical (unpaired) electrons. The first-order chi connectivity index (χ1) is 9.00. The van der Waals surface area contributed by atoms with Crippen molar-refractivity contribution in [3.05, 3.63) is 29.8 Å². The van der Waals surface area contributed by atoms with Gasteiger partial charge in [-0.1, -0.05) is 18.2 Å². The van der Waals surface area contributed by atoms with Gasteiger partial charge in [0.15, 0.2) is 6.04 Å². The number of hydrogen-bond donors (Lipinski definition) is 4. The Labute approximate surface area is 110 Å². The molecule has 1 aliphatic rings. The van der Waals surface area contributed by atoms with Crippen molar-refractivity contribution in [3.63, 3.8) is 0 Å². The summed E-state index contributed by atoms with van der Waals surface area (Å²) in [6.45, 7) is 1.76. The zero-order chi connectivity index (χ0) is 14.0. The largest absolute Gasteiger partial charge is 0.480 e. The lowest BCUT2D eigenvalue weighted by Gasteiger charge is -2.19. The highest BCUT2D eigenvalue weighted by Gasteiger charge is 2.32. The van der Waals surface area contributed by atoms with E-state index < -0.39 is 29.9 Å². The molecule has 0 saturated carbocycles. The van der Waals surface area contributed by atoms with Crippen LogP contribution >= 0.6 is 0 Å². The number of para-hydroxylation sites is 1. The van der Waals surface area contributed by atoms with Gasteiger partial charge in [0.25, 0.3) is 0 Å².